The van der Waals surface area contributed by atoms with Gasteiger partial charge in [-0.2, -0.15) is 0 Å². The average Bonchev–Trinajstić information content (AvgIpc) is 2.72. The quantitative estimate of drug-likeness (QED) is 0.769. The zero-order chi connectivity index (χ0) is 14.3. The van der Waals surface area contributed by atoms with Crippen LogP contribution in [0, 0.1) is 6.92 Å². The molecule has 0 aliphatic rings. The van der Waals surface area contributed by atoms with Crippen molar-refractivity contribution in [3.8, 4) is 0 Å². The van der Waals surface area contributed by atoms with Gasteiger partial charge in [0.05, 0.1) is 17.5 Å². The third-order valence-corrected chi connectivity index (χ3v) is 4.04. The van der Waals surface area contributed by atoms with Crippen molar-refractivity contribution in [1.82, 2.24) is 5.32 Å². The Bertz CT molecular complexity index is 397. The largest absolute Gasteiger partial charge is 0.396 e. The van der Waals surface area contributed by atoms with E-state index in [2.05, 4.69) is 12.2 Å². The normalized spacial score (nSPS) is 12.4. The molecule has 0 fully saturated rings. The minimum absolute atomic E-state index is 0.0405. The maximum atomic E-state index is 12.1. The smallest absolute Gasteiger partial charge is 0.261 e. The number of hydrogen-bond donors (Lipinski definition) is 2. The van der Waals surface area contributed by atoms with Crippen molar-refractivity contribution in [2.45, 2.75) is 39.2 Å². The maximum absolute atomic E-state index is 12.1. The average molecular weight is 285 g/mol. The summed E-state index contributed by atoms with van der Waals surface area (Å²) in [6.45, 7) is 4.64. The molecule has 1 unspecified atom stereocenters. The second-order valence-corrected chi connectivity index (χ2v) is 5.84. The fourth-order valence-electron chi connectivity index (χ4n) is 1.96. The Hall–Kier alpha value is -0.910. The van der Waals surface area contributed by atoms with Gasteiger partial charge in [-0.1, -0.05) is 13.3 Å². The van der Waals surface area contributed by atoms with Crippen molar-refractivity contribution >= 4 is 17.2 Å². The fourth-order valence-corrected chi connectivity index (χ4v) is 2.93. The van der Waals surface area contributed by atoms with Crippen LogP contribution in [0.1, 0.15) is 39.9 Å². The predicted molar refractivity (Wildman–Crippen MR) is 77.9 cm³/mol. The Morgan fingerprint density at radius 1 is 1.58 bits per heavy atom. The van der Waals surface area contributed by atoms with E-state index in [0.717, 1.165) is 17.7 Å². The van der Waals surface area contributed by atoms with E-state index in [-0.39, 0.29) is 18.6 Å². The lowest BCUT2D eigenvalue weighted by Gasteiger charge is -2.16. The molecule has 0 saturated heterocycles. The Labute approximate surface area is 118 Å². The number of carbonyl (C=O) groups is 1. The molecule has 0 spiro atoms. The summed E-state index contributed by atoms with van der Waals surface area (Å²) >= 11 is 1.53. The zero-order valence-electron chi connectivity index (χ0n) is 11.9. The van der Waals surface area contributed by atoms with Gasteiger partial charge in [0.25, 0.3) is 5.91 Å². The molecule has 1 aromatic heterocycles. The maximum Gasteiger partial charge on any atom is 0.261 e. The van der Waals surface area contributed by atoms with Crippen LogP contribution in [0.25, 0.3) is 0 Å². The van der Waals surface area contributed by atoms with Crippen molar-refractivity contribution in [2.24, 2.45) is 0 Å². The highest BCUT2D eigenvalue weighted by Crippen LogP contribution is 2.22. The summed E-state index contributed by atoms with van der Waals surface area (Å²) in [7, 11) is 1.59. The number of rotatable bonds is 8. The van der Waals surface area contributed by atoms with Gasteiger partial charge in [0.1, 0.15) is 0 Å². The standard InChI is InChI=1S/C14H23NO3S/c1-4-5-11-8-13(19-10(11)2)14(17)15-12(6-7-16)9-18-3/h8,12,16H,4-7,9H2,1-3H3,(H,15,17). The first-order valence-electron chi connectivity index (χ1n) is 6.62. The molecule has 1 heterocycles. The van der Waals surface area contributed by atoms with Crippen molar-refractivity contribution in [1.29, 1.82) is 0 Å². The second-order valence-electron chi connectivity index (χ2n) is 4.58. The molecule has 0 bridgehead atoms. The number of aliphatic hydroxyl groups is 1. The van der Waals surface area contributed by atoms with E-state index >= 15 is 0 Å². The van der Waals surface area contributed by atoms with Crippen molar-refractivity contribution in [3.05, 3.63) is 21.4 Å². The SMILES string of the molecule is CCCc1cc(C(=O)NC(CCO)COC)sc1C. The van der Waals surface area contributed by atoms with Crippen LogP contribution in [-0.2, 0) is 11.2 Å². The lowest BCUT2D eigenvalue weighted by Crippen LogP contribution is -2.38. The summed E-state index contributed by atoms with van der Waals surface area (Å²) in [5.41, 5.74) is 1.25. The number of aryl methyl sites for hydroxylation is 2. The summed E-state index contributed by atoms with van der Waals surface area (Å²) < 4.78 is 5.04. The number of nitrogens with one attached hydrogen (secondary N) is 1. The monoisotopic (exact) mass is 285 g/mol. The molecule has 1 aromatic rings. The number of thiophene rings is 1. The van der Waals surface area contributed by atoms with Gasteiger partial charge in [-0.25, -0.2) is 0 Å². The highest BCUT2D eigenvalue weighted by atomic mass is 32.1. The van der Waals surface area contributed by atoms with Crippen LogP contribution < -0.4 is 5.32 Å². The predicted octanol–water partition coefficient (Wildman–Crippen LogP) is 2.14. The van der Waals surface area contributed by atoms with Crippen molar-refractivity contribution in [3.63, 3.8) is 0 Å². The number of methoxy groups -OCH3 is 1. The highest BCUT2D eigenvalue weighted by molar-refractivity contribution is 7.14. The topological polar surface area (TPSA) is 58.6 Å². The highest BCUT2D eigenvalue weighted by Gasteiger charge is 2.16. The molecular formula is C14H23NO3S. The summed E-state index contributed by atoms with van der Waals surface area (Å²) in [5, 5.41) is 11.9. The van der Waals surface area contributed by atoms with E-state index in [1.165, 1.54) is 21.8 Å². The van der Waals surface area contributed by atoms with Gasteiger partial charge < -0.3 is 15.2 Å². The van der Waals surface area contributed by atoms with Gasteiger partial charge in [0.2, 0.25) is 0 Å². The molecule has 0 aromatic carbocycles. The van der Waals surface area contributed by atoms with Crippen LogP contribution >= 0.6 is 11.3 Å². The first-order chi connectivity index (χ1) is 9.12. The van der Waals surface area contributed by atoms with E-state index in [9.17, 15) is 4.79 Å². The zero-order valence-corrected chi connectivity index (χ0v) is 12.7. The van der Waals surface area contributed by atoms with Crippen LogP contribution in [0.15, 0.2) is 6.07 Å². The van der Waals surface area contributed by atoms with Crippen molar-refractivity contribution in [2.75, 3.05) is 20.3 Å². The van der Waals surface area contributed by atoms with E-state index in [1.54, 1.807) is 7.11 Å². The molecular weight excluding hydrogens is 262 g/mol. The summed E-state index contributed by atoms with van der Waals surface area (Å²) in [6.07, 6.45) is 2.59. The lowest BCUT2D eigenvalue weighted by molar-refractivity contribution is 0.0882. The van der Waals surface area contributed by atoms with Crippen LogP contribution in [0.4, 0.5) is 0 Å². The molecule has 0 saturated carbocycles. The first kappa shape index (κ1) is 16.1. The van der Waals surface area contributed by atoms with Gasteiger partial charge in [-0.3, -0.25) is 4.79 Å². The Morgan fingerprint density at radius 2 is 2.32 bits per heavy atom. The van der Waals surface area contributed by atoms with E-state index < -0.39 is 0 Å². The molecule has 1 atom stereocenters. The molecule has 19 heavy (non-hydrogen) atoms. The summed E-state index contributed by atoms with van der Waals surface area (Å²) in [6, 6.07) is 1.83. The third kappa shape index (κ3) is 4.93. The molecule has 1 rings (SSSR count). The fraction of sp³-hybridized carbons (Fsp3) is 0.643. The molecule has 1 amide bonds. The summed E-state index contributed by atoms with van der Waals surface area (Å²) in [5.74, 6) is -0.0778. The van der Waals surface area contributed by atoms with Crippen LogP contribution in [0.5, 0.6) is 0 Å². The molecule has 4 nitrogen and oxygen atoms in total. The van der Waals surface area contributed by atoms with Gasteiger partial charge in [-0.05, 0) is 31.4 Å². The number of aliphatic hydroxyl groups excluding tert-OH is 1. The third-order valence-electron chi connectivity index (χ3n) is 2.94. The Kier molecular flexibility index (Phi) is 7.05. The van der Waals surface area contributed by atoms with Gasteiger partial charge >= 0.3 is 0 Å². The lowest BCUT2D eigenvalue weighted by atomic mass is 10.1. The molecule has 108 valence electrons. The van der Waals surface area contributed by atoms with Gasteiger partial charge in [-0.15, -0.1) is 11.3 Å². The molecule has 2 N–H and O–H groups in total. The second kappa shape index (κ2) is 8.30. The van der Waals surface area contributed by atoms with Crippen LogP contribution in [-0.4, -0.2) is 37.4 Å². The minimum atomic E-state index is -0.139. The van der Waals surface area contributed by atoms with Crippen LogP contribution in [0.3, 0.4) is 0 Å². The first-order valence-corrected chi connectivity index (χ1v) is 7.44. The van der Waals surface area contributed by atoms with E-state index in [4.69, 9.17) is 9.84 Å². The molecule has 0 radical (unpaired) electrons. The van der Waals surface area contributed by atoms with Crippen molar-refractivity contribution < 1.29 is 14.6 Å². The Balaban J connectivity index is 2.68. The van der Waals surface area contributed by atoms with Gasteiger partial charge in [0.15, 0.2) is 0 Å². The number of carbonyl (C=O) groups excluding carboxylic acids is 1. The minimum Gasteiger partial charge on any atom is -0.396 e. The van der Waals surface area contributed by atoms with Crippen LogP contribution in [0.2, 0.25) is 0 Å². The summed E-state index contributed by atoms with van der Waals surface area (Å²) in [4.78, 5) is 14.1. The molecule has 5 heteroatoms. The number of hydrogen-bond acceptors (Lipinski definition) is 4. The van der Waals surface area contributed by atoms with E-state index in [0.29, 0.717) is 13.0 Å². The number of amides is 1. The Morgan fingerprint density at radius 3 is 2.89 bits per heavy atom. The molecule has 0 aliphatic heterocycles. The number of ether oxygens (including phenoxy) is 1. The molecule has 0 aliphatic carbocycles. The van der Waals surface area contributed by atoms with Gasteiger partial charge in [0, 0.05) is 18.6 Å². The van der Waals surface area contributed by atoms with E-state index in [1.807, 2.05) is 13.0 Å².